The van der Waals surface area contributed by atoms with Gasteiger partial charge in [0.15, 0.2) is 0 Å². The molecule has 0 heterocycles. The Morgan fingerprint density at radius 2 is 1.79 bits per heavy atom. The van der Waals surface area contributed by atoms with E-state index < -0.39 is 0 Å². The summed E-state index contributed by atoms with van der Waals surface area (Å²) in [4.78, 5) is 13.3. The summed E-state index contributed by atoms with van der Waals surface area (Å²) < 4.78 is 5.92. The van der Waals surface area contributed by atoms with Crippen molar-refractivity contribution in [3.63, 3.8) is 0 Å². The van der Waals surface area contributed by atoms with Crippen molar-refractivity contribution in [1.82, 2.24) is 4.90 Å². The number of hydrogen-bond acceptors (Lipinski definition) is 2. The largest absolute Gasteiger partial charge is 0.374 e. The molecular weight excluding hydrogens is 238 g/mol. The summed E-state index contributed by atoms with van der Waals surface area (Å²) in [6, 6.07) is 7.73. The smallest absolute Gasteiger partial charge is 0.253 e. The van der Waals surface area contributed by atoms with Gasteiger partial charge in [0.1, 0.15) is 0 Å². The molecule has 0 bridgehead atoms. The van der Waals surface area contributed by atoms with Gasteiger partial charge in [-0.15, -0.1) is 0 Å². The lowest BCUT2D eigenvalue weighted by atomic mass is 9.98. The molecule has 0 aliphatic heterocycles. The predicted molar refractivity (Wildman–Crippen MR) is 76.1 cm³/mol. The van der Waals surface area contributed by atoms with Crippen LogP contribution in [0, 0.1) is 0 Å². The van der Waals surface area contributed by atoms with E-state index in [1.807, 2.05) is 24.3 Å². The molecule has 2 rings (SSSR count). The Hall–Kier alpha value is -1.35. The average Bonchev–Trinajstić information content (AvgIpc) is 2.46. The first-order valence-corrected chi connectivity index (χ1v) is 7.09. The van der Waals surface area contributed by atoms with E-state index in [1.54, 1.807) is 19.0 Å². The van der Waals surface area contributed by atoms with Crippen LogP contribution in [0.25, 0.3) is 0 Å². The quantitative estimate of drug-likeness (QED) is 0.832. The fourth-order valence-corrected chi connectivity index (χ4v) is 2.45. The normalized spacial score (nSPS) is 16.3. The van der Waals surface area contributed by atoms with Crippen LogP contribution in [0.5, 0.6) is 0 Å². The van der Waals surface area contributed by atoms with Crippen molar-refractivity contribution >= 4 is 5.91 Å². The van der Waals surface area contributed by atoms with Gasteiger partial charge in [0, 0.05) is 19.7 Å². The number of ether oxygens (including phenoxy) is 1. The second-order valence-corrected chi connectivity index (χ2v) is 5.47. The summed E-state index contributed by atoms with van der Waals surface area (Å²) in [5.41, 5.74) is 1.87. The van der Waals surface area contributed by atoms with Crippen molar-refractivity contribution in [2.45, 2.75) is 44.8 Å². The van der Waals surface area contributed by atoms with Crippen LogP contribution in [0.3, 0.4) is 0 Å². The molecule has 0 N–H and O–H groups in total. The lowest BCUT2D eigenvalue weighted by molar-refractivity contribution is 0.0168. The van der Waals surface area contributed by atoms with Crippen LogP contribution in [-0.2, 0) is 11.3 Å². The number of carbonyl (C=O) groups is 1. The summed E-state index contributed by atoms with van der Waals surface area (Å²) in [5, 5.41) is 0. The van der Waals surface area contributed by atoms with E-state index in [4.69, 9.17) is 4.74 Å². The molecule has 1 aliphatic rings. The molecule has 19 heavy (non-hydrogen) atoms. The number of carbonyl (C=O) groups excluding carboxylic acids is 1. The van der Waals surface area contributed by atoms with E-state index in [0.29, 0.717) is 12.7 Å². The number of benzene rings is 1. The minimum atomic E-state index is 0.0414. The minimum absolute atomic E-state index is 0.0414. The molecule has 0 radical (unpaired) electrons. The highest BCUT2D eigenvalue weighted by Gasteiger charge is 2.13. The Kier molecular flexibility index (Phi) is 4.97. The lowest BCUT2D eigenvalue weighted by Gasteiger charge is -2.22. The van der Waals surface area contributed by atoms with Gasteiger partial charge in [-0.25, -0.2) is 0 Å². The van der Waals surface area contributed by atoms with Crippen molar-refractivity contribution < 1.29 is 9.53 Å². The topological polar surface area (TPSA) is 29.5 Å². The van der Waals surface area contributed by atoms with E-state index in [9.17, 15) is 4.79 Å². The van der Waals surface area contributed by atoms with Crippen molar-refractivity contribution in [2.24, 2.45) is 0 Å². The molecule has 3 nitrogen and oxygen atoms in total. The molecular formula is C16H23NO2. The molecule has 0 saturated heterocycles. The standard InChI is InChI=1S/C16H23NO2/c1-17(2)16(18)14-10-8-13(9-11-14)12-19-15-6-4-3-5-7-15/h8-11,15H,3-7,12H2,1-2H3. The molecule has 0 atom stereocenters. The zero-order chi connectivity index (χ0) is 13.7. The van der Waals surface area contributed by atoms with Crippen LogP contribution in [0.2, 0.25) is 0 Å². The van der Waals surface area contributed by atoms with Crippen molar-refractivity contribution in [3.05, 3.63) is 35.4 Å². The lowest BCUT2D eigenvalue weighted by Crippen LogP contribution is -2.21. The minimum Gasteiger partial charge on any atom is -0.374 e. The first-order valence-electron chi connectivity index (χ1n) is 7.09. The maximum absolute atomic E-state index is 11.8. The second-order valence-electron chi connectivity index (χ2n) is 5.47. The van der Waals surface area contributed by atoms with Crippen LogP contribution >= 0.6 is 0 Å². The third-order valence-electron chi connectivity index (χ3n) is 3.64. The zero-order valence-electron chi connectivity index (χ0n) is 11.9. The predicted octanol–water partition coefficient (Wildman–Crippen LogP) is 3.24. The number of rotatable bonds is 4. The van der Waals surface area contributed by atoms with Gasteiger partial charge in [0.05, 0.1) is 12.7 Å². The van der Waals surface area contributed by atoms with Crippen LogP contribution in [0.15, 0.2) is 24.3 Å². The summed E-state index contributed by atoms with van der Waals surface area (Å²) >= 11 is 0. The first kappa shape index (κ1) is 14.1. The first-order chi connectivity index (χ1) is 9.16. The molecule has 1 fully saturated rings. The maximum Gasteiger partial charge on any atom is 0.253 e. The van der Waals surface area contributed by atoms with Gasteiger partial charge in [0.2, 0.25) is 0 Å². The monoisotopic (exact) mass is 261 g/mol. The van der Waals surface area contributed by atoms with Gasteiger partial charge in [-0.1, -0.05) is 31.4 Å². The summed E-state index contributed by atoms with van der Waals surface area (Å²) in [5.74, 6) is 0.0414. The van der Waals surface area contributed by atoms with Crippen molar-refractivity contribution in [3.8, 4) is 0 Å². The molecule has 0 aromatic heterocycles. The Bertz CT molecular complexity index is 405. The number of nitrogens with zero attached hydrogens (tertiary/aromatic N) is 1. The van der Waals surface area contributed by atoms with E-state index in [-0.39, 0.29) is 5.91 Å². The van der Waals surface area contributed by atoms with Gasteiger partial charge in [-0.05, 0) is 30.5 Å². The molecule has 1 aliphatic carbocycles. The fourth-order valence-electron chi connectivity index (χ4n) is 2.45. The highest BCUT2D eigenvalue weighted by Crippen LogP contribution is 2.21. The summed E-state index contributed by atoms with van der Waals surface area (Å²) in [6.45, 7) is 0.654. The molecule has 1 amide bonds. The van der Waals surface area contributed by atoms with E-state index in [0.717, 1.165) is 11.1 Å². The van der Waals surface area contributed by atoms with Gasteiger partial charge in [0.25, 0.3) is 5.91 Å². The molecule has 104 valence electrons. The Labute approximate surface area is 115 Å². The van der Waals surface area contributed by atoms with Gasteiger partial charge in [-0.2, -0.15) is 0 Å². The highest BCUT2D eigenvalue weighted by atomic mass is 16.5. The van der Waals surface area contributed by atoms with Crippen molar-refractivity contribution in [2.75, 3.05) is 14.1 Å². The van der Waals surface area contributed by atoms with Crippen LogP contribution in [0.1, 0.15) is 48.0 Å². The zero-order valence-corrected chi connectivity index (χ0v) is 11.9. The third-order valence-corrected chi connectivity index (χ3v) is 3.64. The highest BCUT2D eigenvalue weighted by molar-refractivity contribution is 5.93. The van der Waals surface area contributed by atoms with E-state index in [2.05, 4.69) is 0 Å². The molecule has 1 saturated carbocycles. The second kappa shape index (κ2) is 6.71. The number of amides is 1. The summed E-state index contributed by atoms with van der Waals surface area (Å²) in [7, 11) is 3.53. The Morgan fingerprint density at radius 1 is 1.16 bits per heavy atom. The molecule has 1 aromatic carbocycles. The Balaban J connectivity index is 1.86. The average molecular weight is 261 g/mol. The van der Waals surface area contributed by atoms with Gasteiger partial charge < -0.3 is 9.64 Å². The van der Waals surface area contributed by atoms with Crippen molar-refractivity contribution in [1.29, 1.82) is 0 Å². The molecule has 3 heteroatoms. The van der Waals surface area contributed by atoms with Gasteiger partial charge >= 0.3 is 0 Å². The fraction of sp³-hybridized carbons (Fsp3) is 0.562. The SMILES string of the molecule is CN(C)C(=O)c1ccc(COC2CCCCC2)cc1. The third kappa shape index (κ3) is 4.06. The van der Waals surface area contributed by atoms with Crippen LogP contribution < -0.4 is 0 Å². The van der Waals surface area contributed by atoms with Crippen LogP contribution in [-0.4, -0.2) is 31.0 Å². The van der Waals surface area contributed by atoms with E-state index >= 15 is 0 Å². The van der Waals surface area contributed by atoms with E-state index in [1.165, 1.54) is 32.1 Å². The maximum atomic E-state index is 11.8. The molecule has 0 spiro atoms. The van der Waals surface area contributed by atoms with Gasteiger partial charge in [-0.3, -0.25) is 4.79 Å². The molecule has 1 aromatic rings. The molecule has 0 unspecified atom stereocenters. The van der Waals surface area contributed by atoms with Crippen LogP contribution in [0.4, 0.5) is 0 Å². The number of hydrogen-bond donors (Lipinski definition) is 0. The Morgan fingerprint density at radius 3 is 2.37 bits per heavy atom. The summed E-state index contributed by atoms with van der Waals surface area (Å²) in [6.07, 6.45) is 6.74.